The van der Waals surface area contributed by atoms with Crippen molar-refractivity contribution in [2.45, 2.75) is 11.3 Å². The molecule has 1 fully saturated rings. The van der Waals surface area contributed by atoms with Gasteiger partial charge < -0.3 is 5.11 Å². The first-order valence-electron chi connectivity index (χ1n) is 5.52. The van der Waals surface area contributed by atoms with E-state index in [2.05, 4.69) is 0 Å². The summed E-state index contributed by atoms with van der Waals surface area (Å²) in [5.41, 5.74) is 0. The molecule has 0 bridgehead atoms. The standard InChI is InChI=1S/C11H13F2NO3S/c12-9-2-1-3-10(13)11(9)18(16,17)14-5-4-8(6-14)7-15/h1-3,8,15H,4-7H2. The maximum Gasteiger partial charge on any atom is 0.248 e. The summed E-state index contributed by atoms with van der Waals surface area (Å²) in [5.74, 6) is -2.36. The van der Waals surface area contributed by atoms with Crippen LogP contribution in [0.3, 0.4) is 0 Å². The fraction of sp³-hybridized carbons (Fsp3) is 0.455. The maximum absolute atomic E-state index is 13.5. The molecule has 1 atom stereocenters. The van der Waals surface area contributed by atoms with E-state index in [0.717, 1.165) is 22.5 Å². The molecule has 1 saturated heterocycles. The lowest BCUT2D eigenvalue weighted by Gasteiger charge is -2.17. The first-order valence-corrected chi connectivity index (χ1v) is 6.96. The molecule has 0 spiro atoms. The van der Waals surface area contributed by atoms with Gasteiger partial charge in [0.05, 0.1) is 0 Å². The number of hydrogen-bond acceptors (Lipinski definition) is 3. The average molecular weight is 277 g/mol. The summed E-state index contributed by atoms with van der Waals surface area (Å²) in [6.07, 6.45) is 0.492. The molecule has 0 aliphatic carbocycles. The summed E-state index contributed by atoms with van der Waals surface area (Å²) >= 11 is 0. The zero-order chi connectivity index (χ0) is 13.3. The summed E-state index contributed by atoms with van der Waals surface area (Å²) in [4.78, 5) is -0.913. The van der Waals surface area contributed by atoms with E-state index in [9.17, 15) is 17.2 Å². The number of nitrogens with zero attached hydrogens (tertiary/aromatic N) is 1. The molecule has 0 radical (unpaired) electrons. The molecule has 1 aliphatic heterocycles. The van der Waals surface area contributed by atoms with E-state index in [1.54, 1.807) is 0 Å². The Morgan fingerprint density at radius 3 is 2.44 bits per heavy atom. The van der Waals surface area contributed by atoms with Crippen molar-refractivity contribution < 1.29 is 22.3 Å². The fourth-order valence-electron chi connectivity index (χ4n) is 2.02. The molecule has 0 amide bonds. The highest BCUT2D eigenvalue weighted by molar-refractivity contribution is 7.89. The van der Waals surface area contributed by atoms with Crippen molar-refractivity contribution in [3.63, 3.8) is 0 Å². The van der Waals surface area contributed by atoms with Gasteiger partial charge in [-0.15, -0.1) is 0 Å². The van der Waals surface area contributed by atoms with Gasteiger partial charge >= 0.3 is 0 Å². The summed E-state index contributed by atoms with van der Waals surface area (Å²) in [6, 6.07) is 2.94. The SMILES string of the molecule is O=S(=O)(c1c(F)cccc1F)N1CCC(CO)C1. The van der Waals surface area contributed by atoms with Gasteiger partial charge in [-0.2, -0.15) is 4.31 Å². The lowest BCUT2D eigenvalue weighted by Crippen LogP contribution is -2.30. The molecule has 1 aliphatic rings. The molecule has 18 heavy (non-hydrogen) atoms. The predicted octanol–water partition coefficient (Wildman–Crippen LogP) is 0.968. The van der Waals surface area contributed by atoms with E-state index in [4.69, 9.17) is 5.11 Å². The lowest BCUT2D eigenvalue weighted by atomic mass is 10.1. The molecule has 1 aromatic carbocycles. The summed E-state index contributed by atoms with van der Waals surface area (Å²) in [7, 11) is -4.17. The van der Waals surface area contributed by atoms with E-state index < -0.39 is 26.6 Å². The van der Waals surface area contributed by atoms with Crippen molar-refractivity contribution in [2.24, 2.45) is 5.92 Å². The minimum atomic E-state index is -4.17. The zero-order valence-corrected chi connectivity index (χ0v) is 10.3. The third-order valence-electron chi connectivity index (χ3n) is 3.02. The van der Waals surface area contributed by atoms with Gasteiger partial charge in [0.15, 0.2) is 4.90 Å². The molecule has 4 nitrogen and oxygen atoms in total. The minimum absolute atomic E-state index is 0.0899. The number of benzene rings is 1. The lowest BCUT2D eigenvalue weighted by molar-refractivity contribution is 0.233. The van der Waals surface area contributed by atoms with E-state index in [1.165, 1.54) is 0 Å². The van der Waals surface area contributed by atoms with Crippen molar-refractivity contribution in [3.8, 4) is 0 Å². The zero-order valence-electron chi connectivity index (χ0n) is 9.51. The second-order valence-electron chi connectivity index (χ2n) is 4.25. The monoisotopic (exact) mass is 277 g/mol. The van der Waals surface area contributed by atoms with Crippen molar-refractivity contribution in [1.82, 2.24) is 4.31 Å². The number of hydrogen-bond donors (Lipinski definition) is 1. The van der Waals surface area contributed by atoms with Gasteiger partial charge in [0, 0.05) is 19.7 Å². The minimum Gasteiger partial charge on any atom is -0.396 e. The van der Waals surface area contributed by atoms with E-state index in [0.29, 0.717) is 6.42 Å². The summed E-state index contributed by atoms with van der Waals surface area (Å²) < 4.78 is 52.2. The van der Waals surface area contributed by atoms with Crippen LogP contribution in [0.15, 0.2) is 23.1 Å². The van der Waals surface area contributed by atoms with Gasteiger partial charge in [0.25, 0.3) is 0 Å². The van der Waals surface area contributed by atoms with Crippen LogP contribution in [0.2, 0.25) is 0 Å². The Morgan fingerprint density at radius 1 is 1.33 bits per heavy atom. The van der Waals surface area contributed by atoms with Gasteiger partial charge in [0.2, 0.25) is 10.0 Å². The Balaban J connectivity index is 2.38. The molecule has 1 N–H and O–H groups in total. The van der Waals surface area contributed by atoms with Crippen LogP contribution in [0.4, 0.5) is 8.78 Å². The second-order valence-corrected chi connectivity index (χ2v) is 6.13. The maximum atomic E-state index is 13.5. The average Bonchev–Trinajstić information content (AvgIpc) is 2.77. The van der Waals surface area contributed by atoms with Crippen LogP contribution in [0.1, 0.15) is 6.42 Å². The smallest absolute Gasteiger partial charge is 0.248 e. The van der Waals surface area contributed by atoms with Gasteiger partial charge in [-0.25, -0.2) is 17.2 Å². The quantitative estimate of drug-likeness (QED) is 0.895. The highest BCUT2D eigenvalue weighted by Crippen LogP contribution is 2.27. The van der Waals surface area contributed by atoms with Gasteiger partial charge in [0.1, 0.15) is 11.6 Å². The number of halogens is 2. The second kappa shape index (κ2) is 4.91. The Bertz CT molecular complexity index is 527. The molecule has 0 saturated carbocycles. The molecule has 100 valence electrons. The van der Waals surface area contributed by atoms with E-state index in [-0.39, 0.29) is 25.6 Å². The van der Waals surface area contributed by atoms with Crippen LogP contribution >= 0.6 is 0 Å². The summed E-state index contributed by atoms with van der Waals surface area (Å²) in [6.45, 7) is 0.125. The van der Waals surface area contributed by atoms with Crippen LogP contribution in [0, 0.1) is 17.6 Å². The molecule has 1 aromatic rings. The topological polar surface area (TPSA) is 57.6 Å². The van der Waals surface area contributed by atoms with Gasteiger partial charge in [-0.05, 0) is 24.5 Å². The number of sulfonamides is 1. The first kappa shape index (κ1) is 13.4. The van der Waals surface area contributed by atoms with Crippen LogP contribution in [0.25, 0.3) is 0 Å². The molecule has 2 rings (SSSR count). The van der Waals surface area contributed by atoms with E-state index >= 15 is 0 Å². The van der Waals surface area contributed by atoms with Crippen molar-refractivity contribution in [2.75, 3.05) is 19.7 Å². The van der Waals surface area contributed by atoms with Gasteiger partial charge in [-0.1, -0.05) is 6.07 Å². The Kier molecular flexibility index (Phi) is 3.65. The highest BCUT2D eigenvalue weighted by Gasteiger charge is 2.35. The number of aliphatic hydroxyl groups excluding tert-OH is 1. The largest absolute Gasteiger partial charge is 0.396 e. The van der Waals surface area contributed by atoms with Crippen molar-refractivity contribution in [1.29, 1.82) is 0 Å². The van der Waals surface area contributed by atoms with E-state index in [1.807, 2.05) is 0 Å². The third-order valence-corrected chi connectivity index (χ3v) is 4.94. The molecule has 7 heteroatoms. The molecular formula is C11H13F2NO3S. The summed E-state index contributed by atoms with van der Waals surface area (Å²) in [5, 5.41) is 8.96. The normalized spacial score (nSPS) is 21.4. The Labute approximate surface area is 104 Å². The van der Waals surface area contributed by atoms with Crippen molar-refractivity contribution >= 4 is 10.0 Å². The predicted molar refractivity (Wildman–Crippen MR) is 60.3 cm³/mol. The number of rotatable bonds is 3. The highest BCUT2D eigenvalue weighted by atomic mass is 32.2. The van der Waals surface area contributed by atoms with Crippen LogP contribution in [0.5, 0.6) is 0 Å². The van der Waals surface area contributed by atoms with Crippen LogP contribution in [-0.4, -0.2) is 37.5 Å². The Morgan fingerprint density at radius 2 is 1.94 bits per heavy atom. The number of aliphatic hydroxyl groups is 1. The first-order chi connectivity index (χ1) is 8.46. The Hall–Kier alpha value is -1.05. The van der Waals surface area contributed by atoms with Crippen molar-refractivity contribution in [3.05, 3.63) is 29.8 Å². The van der Waals surface area contributed by atoms with Crippen LogP contribution < -0.4 is 0 Å². The molecular weight excluding hydrogens is 264 g/mol. The molecule has 1 unspecified atom stereocenters. The molecule has 0 aromatic heterocycles. The van der Waals surface area contributed by atoms with Crippen LogP contribution in [-0.2, 0) is 10.0 Å². The van der Waals surface area contributed by atoms with Gasteiger partial charge in [-0.3, -0.25) is 0 Å². The third kappa shape index (κ3) is 2.25. The fourth-order valence-corrected chi connectivity index (χ4v) is 3.66. The molecule has 1 heterocycles.